The van der Waals surface area contributed by atoms with Crippen LogP contribution in [0, 0.1) is 10.1 Å². The molecule has 8 nitrogen and oxygen atoms in total. The number of carbonyl (C=O) groups excluding carboxylic acids is 3. The molecule has 31 heavy (non-hydrogen) atoms. The first-order valence-corrected chi connectivity index (χ1v) is 10.2. The summed E-state index contributed by atoms with van der Waals surface area (Å²) in [6, 6.07) is 9.64. The average Bonchev–Trinajstić information content (AvgIpc) is 2.78. The highest BCUT2D eigenvalue weighted by Crippen LogP contribution is 2.27. The molecule has 1 aliphatic rings. The molecule has 1 amide bonds. The number of halogens is 1. The number of benzene rings is 2. The van der Waals surface area contributed by atoms with Crippen LogP contribution in [0.4, 0.5) is 5.69 Å². The zero-order valence-electron chi connectivity index (χ0n) is 16.9. The summed E-state index contributed by atoms with van der Waals surface area (Å²) in [5.74, 6) is -1.68. The van der Waals surface area contributed by atoms with Gasteiger partial charge in [0.15, 0.2) is 11.9 Å². The van der Waals surface area contributed by atoms with Crippen molar-refractivity contribution in [3.05, 3.63) is 74.3 Å². The van der Waals surface area contributed by atoms with E-state index in [-0.39, 0.29) is 27.6 Å². The van der Waals surface area contributed by atoms with Crippen LogP contribution in [0.2, 0.25) is 5.02 Å². The van der Waals surface area contributed by atoms with Crippen molar-refractivity contribution in [3.63, 3.8) is 0 Å². The van der Waals surface area contributed by atoms with Gasteiger partial charge < -0.3 is 9.64 Å². The minimum atomic E-state index is -0.995. The van der Waals surface area contributed by atoms with E-state index in [1.54, 1.807) is 17.0 Å². The molecule has 1 atom stereocenters. The van der Waals surface area contributed by atoms with Crippen LogP contribution in [-0.2, 0) is 9.53 Å². The Labute approximate surface area is 183 Å². The molecule has 0 aromatic heterocycles. The van der Waals surface area contributed by atoms with Gasteiger partial charge in [0.1, 0.15) is 5.02 Å². The molecule has 0 spiro atoms. The summed E-state index contributed by atoms with van der Waals surface area (Å²) in [4.78, 5) is 50.4. The molecule has 1 heterocycles. The maximum absolute atomic E-state index is 13.0. The molecule has 0 radical (unpaired) electrons. The van der Waals surface area contributed by atoms with E-state index in [1.807, 2.05) is 0 Å². The number of hydrogen-bond donors (Lipinski definition) is 0. The van der Waals surface area contributed by atoms with Gasteiger partial charge in [-0.2, -0.15) is 0 Å². The average molecular weight is 445 g/mol. The van der Waals surface area contributed by atoms with Crippen LogP contribution in [0.15, 0.2) is 42.5 Å². The Kier molecular flexibility index (Phi) is 7.02. The molecule has 162 valence electrons. The van der Waals surface area contributed by atoms with Crippen LogP contribution in [0.1, 0.15) is 52.5 Å². The van der Waals surface area contributed by atoms with Gasteiger partial charge >= 0.3 is 5.97 Å². The monoisotopic (exact) mass is 444 g/mol. The first-order chi connectivity index (χ1) is 14.8. The number of amides is 1. The highest BCUT2D eigenvalue weighted by molar-refractivity contribution is 6.33. The van der Waals surface area contributed by atoms with Gasteiger partial charge in [-0.25, -0.2) is 4.79 Å². The highest BCUT2D eigenvalue weighted by Gasteiger charge is 2.27. The number of ketones is 1. The van der Waals surface area contributed by atoms with E-state index in [0.29, 0.717) is 13.1 Å². The Hall–Kier alpha value is -3.26. The summed E-state index contributed by atoms with van der Waals surface area (Å²) in [6.45, 7) is 2.76. The van der Waals surface area contributed by atoms with Crippen molar-refractivity contribution in [2.24, 2.45) is 0 Å². The van der Waals surface area contributed by atoms with E-state index in [1.165, 1.54) is 31.2 Å². The maximum atomic E-state index is 13.0. The van der Waals surface area contributed by atoms with E-state index in [9.17, 15) is 24.5 Å². The Bertz CT molecular complexity index is 1030. The minimum Gasteiger partial charge on any atom is -0.449 e. The van der Waals surface area contributed by atoms with Crippen molar-refractivity contribution in [2.75, 3.05) is 13.1 Å². The third-order valence-corrected chi connectivity index (χ3v) is 5.42. The van der Waals surface area contributed by atoms with Gasteiger partial charge in [-0.15, -0.1) is 0 Å². The lowest BCUT2D eigenvalue weighted by molar-refractivity contribution is -0.384. The van der Waals surface area contributed by atoms with Crippen LogP contribution in [0.5, 0.6) is 0 Å². The van der Waals surface area contributed by atoms with E-state index < -0.39 is 28.5 Å². The number of esters is 1. The highest BCUT2D eigenvalue weighted by atomic mass is 35.5. The second-order valence-electron chi connectivity index (χ2n) is 7.23. The maximum Gasteiger partial charge on any atom is 0.339 e. The third kappa shape index (κ3) is 5.08. The van der Waals surface area contributed by atoms with Crippen LogP contribution < -0.4 is 0 Å². The molecular weight excluding hydrogens is 424 g/mol. The fraction of sp³-hybridized carbons (Fsp3) is 0.318. The number of likely N-dealkylation sites (tertiary alicyclic amines) is 1. The zero-order chi connectivity index (χ0) is 22.5. The molecule has 0 N–H and O–H groups in total. The van der Waals surface area contributed by atoms with Crippen molar-refractivity contribution in [1.29, 1.82) is 0 Å². The lowest BCUT2D eigenvalue weighted by atomic mass is 9.98. The first-order valence-electron chi connectivity index (χ1n) is 9.87. The molecule has 0 bridgehead atoms. The number of nitro groups is 1. The van der Waals surface area contributed by atoms with E-state index in [4.69, 9.17) is 16.3 Å². The molecule has 0 unspecified atom stereocenters. The second kappa shape index (κ2) is 9.70. The molecule has 1 aliphatic heterocycles. The van der Waals surface area contributed by atoms with Gasteiger partial charge in [0.2, 0.25) is 0 Å². The Morgan fingerprint density at radius 3 is 2.35 bits per heavy atom. The van der Waals surface area contributed by atoms with Crippen molar-refractivity contribution < 1.29 is 24.0 Å². The lowest BCUT2D eigenvalue weighted by Gasteiger charge is -2.29. The SMILES string of the molecule is C[C@@H](OC(=O)c1ccccc1C(=O)c1ccc(Cl)c([N+](=O)[O-])c1)C(=O)N1CCCCC1. The summed E-state index contributed by atoms with van der Waals surface area (Å²) in [7, 11) is 0. The van der Waals surface area contributed by atoms with Crippen molar-refractivity contribution in [1.82, 2.24) is 4.90 Å². The molecule has 0 aliphatic carbocycles. The van der Waals surface area contributed by atoms with Gasteiger partial charge in [0, 0.05) is 30.3 Å². The van der Waals surface area contributed by atoms with Crippen molar-refractivity contribution in [3.8, 4) is 0 Å². The molecule has 9 heteroatoms. The standard InChI is InChI=1S/C22H21ClN2O6/c1-14(21(27)24-11-5-2-6-12-24)31-22(28)17-8-4-3-7-16(17)20(26)15-9-10-18(23)19(13-15)25(29)30/h3-4,7-10,13-14H,2,5-6,11-12H2,1H3/t14-/m1/s1. The first kappa shape index (κ1) is 22.4. The van der Waals surface area contributed by atoms with Crippen molar-refractivity contribution in [2.45, 2.75) is 32.3 Å². The lowest BCUT2D eigenvalue weighted by Crippen LogP contribution is -2.42. The Morgan fingerprint density at radius 2 is 1.71 bits per heavy atom. The number of hydrogen-bond acceptors (Lipinski definition) is 6. The quantitative estimate of drug-likeness (QED) is 0.288. The fourth-order valence-electron chi connectivity index (χ4n) is 3.45. The van der Waals surface area contributed by atoms with Gasteiger partial charge in [-0.1, -0.05) is 29.8 Å². The predicted octanol–water partition coefficient (Wildman–Crippen LogP) is 4.04. The Morgan fingerprint density at radius 1 is 1.06 bits per heavy atom. The van der Waals surface area contributed by atoms with E-state index in [0.717, 1.165) is 25.3 Å². The number of nitro benzene ring substituents is 1. The summed E-state index contributed by atoms with van der Waals surface area (Å²) >= 11 is 5.81. The molecule has 2 aromatic rings. The molecule has 2 aromatic carbocycles. The van der Waals surface area contributed by atoms with Gasteiger partial charge in [0.25, 0.3) is 11.6 Å². The fourth-order valence-corrected chi connectivity index (χ4v) is 3.64. The van der Waals surface area contributed by atoms with Crippen LogP contribution in [0.25, 0.3) is 0 Å². The molecule has 1 saturated heterocycles. The van der Waals surface area contributed by atoms with Gasteiger partial charge in [-0.3, -0.25) is 19.7 Å². The van der Waals surface area contributed by atoms with Crippen LogP contribution >= 0.6 is 11.6 Å². The molecule has 0 saturated carbocycles. The Balaban J connectivity index is 1.82. The summed E-state index contributed by atoms with van der Waals surface area (Å²) < 4.78 is 5.35. The van der Waals surface area contributed by atoms with Gasteiger partial charge in [0.05, 0.1) is 10.5 Å². The molecule has 3 rings (SSSR count). The topological polar surface area (TPSA) is 107 Å². The van der Waals surface area contributed by atoms with E-state index >= 15 is 0 Å². The largest absolute Gasteiger partial charge is 0.449 e. The van der Waals surface area contributed by atoms with Crippen molar-refractivity contribution >= 4 is 34.9 Å². The summed E-state index contributed by atoms with van der Waals surface area (Å²) in [5.41, 5.74) is -0.410. The smallest absolute Gasteiger partial charge is 0.339 e. The summed E-state index contributed by atoms with van der Waals surface area (Å²) in [5, 5.41) is 11.0. The number of nitrogens with zero attached hydrogens (tertiary/aromatic N) is 2. The number of carbonyl (C=O) groups is 3. The van der Waals surface area contributed by atoms with Crippen LogP contribution in [-0.4, -0.2) is 46.7 Å². The number of piperidine rings is 1. The van der Waals surface area contributed by atoms with E-state index in [2.05, 4.69) is 0 Å². The van der Waals surface area contributed by atoms with Crippen LogP contribution in [0.3, 0.4) is 0 Å². The molecular formula is C22H21ClN2O6. The number of rotatable bonds is 6. The van der Waals surface area contributed by atoms with Gasteiger partial charge in [-0.05, 0) is 44.4 Å². The third-order valence-electron chi connectivity index (χ3n) is 5.10. The predicted molar refractivity (Wildman–Crippen MR) is 113 cm³/mol. The minimum absolute atomic E-state index is 0.00814. The normalized spacial score (nSPS) is 14.6. The molecule has 1 fully saturated rings. The zero-order valence-corrected chi connectivity index (χ0v) is 17.6. The number of ether oxygens (including phenoxy) is 1. The second-order valence-corrected chi connectivity index (χ2v) is 7.64. The summed E-state index contributed by atoms with van der Waals surface area (Å²) in [6.07, 6.45) is 1.90.